The Morgan fingerprint density at radius 3 is 2.50 bits per heavy atom. The lowest BCUT2D eigenvalue weighted by Crippen LogP contribution is -2.51. The molecule has 3 rings (SSSR count). The zero-order valence-corrected chi connectivity index (χ0v) is 19.0. The Bertz CT molecular complexity index is 908. The van der Waals surface area contributed by atoms with E-state index in [1.165, 1.54) is 22.9 Å². The van der Waals surface area contributed by atoms with Crippen LogP contribution in [0.3, 0.4) is 0 Å². The molecule has 2 amide bonds. The van der Waals surface area contributed by atoms with Crippen LogP contribution in [0.5, 0.6) is 0 Å². The highest BCUT2D eigenvalue weighted by atomic mass is 32.2. The van der Waals surface area contributed by atoms with Crippen molar-refractivity contribution < 1.29 is 9.59 Å². The van der Waals surface area contributed by atoms with Crippen LogP contribution in [0, 0.1) is 13.8 Å². The minimum Gasteiger partial charge on any atom is -0.353 e. The number of amides is 2. The molecule has 1 aliphatic rings. The van der Waals surface area contributed by atoms with Crippen LogP contribution >= 0.6 is 11.8 Å². The third-order valence-electron chi connectivity index (χ3n) is 5.17. The Hall–Kier alpha value is -2.38. The molecule has 0 unspecified atom stereocenters. The van der Waals surface area contributed by atoms with E-state index in [1.807, 2.05) is 30.9 Å². The highest BCUT2D eigenvalue weighted by Crippen LogP contribution is 2.30. The van der Waals surface area contributed by atoms with Gasteiger partial charge < -0.3 is 10.2 Å². The van der Waals surface area contributed by atoms with E-state index < -0.39 is 0 Å². The Morgan fingerprint density at radius 1 is 1.10 bits per heavy atom. The van der Waals surface area contributed by atoms with E-state index in [0.717, 1.165) is 9.92 Å². The highest BCUT2D eigenvalue weighted by molar-refractivity contribution is 7.99. The summed E-state index contributed by atoms with van der Waals surface area (Å²) < 4.78 is 0. The Morgan fingerprint density at radius 2 is 1.83 bits per heavy atom. The summed E-state index contributed by atoms with van der Waals surface area (Å²) in [5, 5.41) is 3.64. The van der Waals surface area contributed by atoms with Crippen LogP contribution in [0.25, 0.3) is 0 Å². The molecule has 0 saturated carbocycles. The Labute approximate surface area is 183 Å². The van der Waals surface area contributed by atoms with Gasteiger partial charge in [0.2, 0.25) is 5.91 Å². The van der Waals surface area contributed by atoms with Crippen molar-refractivity contribution in [3.05, 3.63) is 53.2 Å². The van der Waals surface area contributed by atoms with Crippen molar-refractivity contribution >= 4 is 23.6 Å². The number of aryl methyl sites for hydroxylation is 2. The number of nitrogens with one attached hydrogen (secondary N) is 1. The van der Waals surface area contributed by atoms with Gasteiger partial charge in [0.15, 0.2) is 0 Å². The summed E-state index contributed by atoms with van der Waals surface area (Å²) >= 11 is 1.52. The average Bonchev–Trinajstić information content (AvgIpc) is 2.70. The number of carbonyl (C=O) groups excluding carboxylic acids is 2. The Balaban J connectivity index is 1.64. The summed E-state index contributed by atoms with van der Waals surface area (Å²) in [6.07, 6.45) is 1.73. The molecule has 1 fully saturated rings. The zero-order chi connectivity index (χ0) is 21.7. The van der Waals surface area contributed by atoms with E-state index in [1.54, 1.807) is 6.20 Å². The number of rotatable bonds is 6. The lowest BCUT2D eigenvalue weighted by molar-refractivity contribution is -0.123. The first-order valence-electron chi connectivity index (χ1n) is 10.3. The summed E-state index contributed by atoms with van der Waals surface area (Å²) in [6.45, 7) is 11.1. The molecule has 0 bridgehead atoms. The fourth-order valence-corrected chi connectivity index (χ4v) is 4.35. The molecule has 160 valence electrons. The summed E-state index contributed by atoms with van der Waals surface area (Å²) in [5.74, 6) is 0.0322. The predicted octanol–water partition coefficient (Wildman–Crippen LogP) is 3.13. The van der Waals surface area contributed by atoms with Gasteiger partial charge in [-0.2, -0.15) is 0 Å². The van der Waals surface area contributed by atoms with E-state index in [0.29, 0.717) is 38.3 Å². The van der Waals surface area contributed by atoms with Gasteiger partial charge >= 0.3 is 0 Å². The fraction of sp³-hybridized carbons (Fsp3) is 0.435. The second kappa shape index (κ2) is 10.1. The summed E-state index contributed by atoms with van der Waals surface area (Å²) in [4.78, 5) is 34.7. The molecule has 1 aromatic heterocycles. The molecule has 1 saturated heterocycles. The van der Waals surface area contributed by atoms with Crippen LogP contribution in [0.1, 0.15) is 35.3 Å². The van der Waals surface area contributed by atoms with Crippen molar-refractivity contribution in [2.24, 2.45) is 0 Å². The largest absolute Gasteiger partial charge is 0.353 e. The van der Waals surface area contributed by atoms with Crippen LogP contribution in [0.2, 0.25) is 0 Å². The average molecular weight is 427 g/mol. The number of piperazine rings is 1. The number of carbonyl (C=O) groups is 2. The first kappa shape index (κ1) is 22.3. The third kappa shape index (κ3) is 5.83. The van der Waals surface area contributed by atoms with Crippen molar-refractivity contribution in [1.29, 1.82) is 0 Å². The molecule has 6 nitrogen and oxygen atoms in total. The molecule has 2 aromatic rings. The number of hydrogen-bond acceptors (Lipinski definition) is 5. The molecule has 0 radical (unpaired) electrons. The molecule has 2 heterocycles. The van der Waals surface area contributed by atoms with Crippen molar-refractivity contribution in [1.82, 2.24) is 20.1 Å². The fourth-order valence-electron chi connectivity index (χ4n) is 3.37. The van der Waals surface area contributed by atoms with Crippen LogP contribution in [0.4, 0.5) is 0 Å². The second-order valence-electron chi connectivity index (χ2n) is 7.99. The molecule has 0 aliphatic carbocycles. The third-order valence-corrected chi connectivity index (χ3v) is 6.18. The van der Waals surface area contributed by atoms with E-state index in [-0.39, 0.29) is 17.9 Å². The summed E-state index contributed by atoms with van der Waals surface area (Å²) in [7, 11) is 0. The van der Waals surface area contributed by atoms with Gasteiger partial charge in [-0.1, -0.05) is 17.8 Å². The van der Waals surface area contributed by atoms with Crippen molar-refractivity contribution in [2.45, 2.75) is 43.7 Å². The van der Waals surface area contributed by atoms with Crippen LogP contribution in [0.15, 0.2) is 46.5 Å². The van der Waals surface area contributed by atoms with E-state index >= 15 is 0 Å². The Kier molecular flexibility index (Phi) is 7.50. The molecule has 1 aromatic carbocycles. The van der Waals surface area contributed by atoms with E-state index in [4.69, 9.17) is 0 Å². The first-order valence-corrected chi connectivity index (χ1v) is 11.2. The molecule has 0 spiro atoms. The predicted molar refractivity (Wildman–Crippen MR) is 120 cm³/mol. The number of benzene rings is 1. The number of pyridine rings is 1. The van der Waals surface area contributed by atoms with Crippen molar-refractivity contribution in [2.75, 3.05) is 32.7 Å². The maximum Gasteiger partial charge on any atom is 0.256 e. The van der Waals surface area contributed by atoms with Gasteiger partial charge in [0.1, 0.15) is 5.03 Å². The minimum atomic E-state index is 0.000663. The molecule has 1 aliphatic heterocycles. The first-order chi connectivity index (χ1) is 14.3. The lowest BCUT2D eigenvalue weighted by Gasteiger charge is -2.34. The van der Waals surface area contributed by atoms with Gasteiger partial charge in [-0.25, -0.2) is 4.98 Å². The molecular formula is C23H30N4O2S. The van der Waals surface area contributed by atoms with Gasteiger partial charge in [-0.05, 0) is 63.1 Å². The highest BCUT2D eigenvalue weighted by Gasteiger charge is 2.25. The normalized spacial score (nSPS) is 14.8. The van der Waals surface area contributed by atoms with Crippen LogP contribution in [-0.4, -0.2) is 65.4 Å². The van der Waals surface area contributed by atoms with Crippen molar-refractivity contribution in [3.8, 4) is 0 Å². The summed E-state index contributed by atoms with van der Waals surface area (Å²) in [6, 6.07) is 10.1. The maximum atomic E-state index is 13.2. The minimum absolute atomic E-state index is 0.000663. The smallest absolute Gasteiger partial charge is 0.256 e. The molecule has 1 N–H and O–H groups in total. The summed E-state index contributed by atoms with van der Waals surface area (Å²) in [5.41, 5.74) is 3.10. The van der Waals surface area contributed by atoms with Gasteiger partial charge in [0.25, 0.3) is 5.91 Å². The number of aromatic nitrogens is 1. The van der Waals surface area contributed by atoms with Crippen LogP contribution < -0.4 is 5.32 Å². The van der Waals surface area contributed by atoms with Crippen LogP contribution in [-0.2, 0) is 4.79 Å². The van der Waals surface area contributed by atoms with Crippen molar-refractivity contribution in [3.63, 3.8) is 0 Å². The van der Waals surface area contributed by atoms with Gasteiger partial charge in [-0.15, -0.1) is 0 Å². The quantitative estimate of drug-likeness (QED) is 0.769. The number of nitrogens with zero attached hydrogens (tertiary/aromatic N) is 3. The topological polar surface area (TPSA) is 65.5 Å². The monoisotopic (exact) mass is 426 g/mol. The van der Waals surface area contributed by atoms with Gasteiger partial charge in [0, 0.05) is 43.3 Å². The molecule has 7 heteroatoms. The maximum absolute atomic E-state index is 13.2. The lowest BCUT2D eigenvalue weighted by atomic mass is 10.1. The van der Waals surface area contributed by atoms with E-state index in [9.17, 15) is 9.59 Å². The van der Waals surface area contributed by atoms with E-state index in [2.05, 4.69) is 47.2 Å². The SMILES string of the molecule is Cc1ccc(Sc2ncccc2C(=O)N2CCN(CC(=O)NC(C)C)CC2)cc1C. The zero-order valence-electron chi connectivity index (χ0n) is 18.1. The number of hydrogen-bond donors (Lipinski definition) is 1. The van der Waals surface area contributed by atoms with Gasteiger partial charge in [-0.3, -0.25) is 14.5 Å². The molecule has 0 atom stereocenters. The van der Waals surface area contributed by atoms with Gasteiger partial charge in [0.05, 0.1) is 12.1 Å². The second-order valence-corrected chi connectivity index (χ2v) is 9.06. The molecule has 30 heavy (non-hydrogen) atoms. The standard InChI is InChI=1S/C23H30N4O2S/c1-16(2)25-21(28)15-26-10-12-27(13-11-26)23(29)20-6-5-9-24-22(20)30-19-8-7-17(3)18(4)14-19/h5-9,14,16H,10-13,15H2,1-4H3,(H,25,28). The molecular weight excluding hydrogens is 396 g/mol.